The average molecular weight is 1240 g/mol. The molecule has 0 aliphatic heterocycles. The Morgan fingerprint density at radius 1 is 0.0667 bits per heavy atom. The van der Waals surface area contributed by atoms with Gasteiger partial charge in [0.25, 0.3) is 0 Å². The fraction of sp³-hybridized carbons (Fsp3) is 1.00. The summed E-state index contributed by atoms with van der Waals surface area (Å²) in [6, 6.07) is 0. The van der Waals surface area contributed by atoms with Crippen LogP contribution in [0.3, 0.4) is 0 Å². The molecular weight excluding hydrogens is 1100 g/mol. The summed E-state index contributed by atoms with van der Waals surface area (Å²) in [5.41, 5.74) is 0. The van der Waals surface area contributed by atoms with Crippen molar-refractivity contribution in [2.24, 2.45) is 0 Å². The highest BCUT2D eigenvalue weighted by Gasteiger charge is 1.38. The third-order valence-electron chi connectivity index (χ3n) is 0. The average Bonchev–Trinajstić information content (AvgIpc) is 3.12. The summed E-state index contributed by atoms with van der Waals surface area (Å²) in [4.78, 5) is 0. The summed E-state index contributed by atoms with van der Waals surface area (Å²) in [5, 5.41) is 0. The first-order valence-corrected chi connectivity index (χ1v) is 60.0. The molecule has 20 heteroatoms. The maximum Gasteiger partial charge on any atom is -0.0475 e. The molecule has 0 nitrogen and oxygen atoms in total. The van der Waals surface area contributed by atoms with E-state index in [9.17, 15) is 0 Å². The van der Waals surface area contributed by atoms with E-state index in [1.807, 2.05) is 0 Å². The van der Waals surface area contributed by atoms with Crippen molar-refractivity contribution in [2.75, 3.05) is 267 Å². The van der Waals surface area contributed by atoms with E-state index >= 15 is 0 Å². The van der Waals surface area contributed by atoms with Gasteiger partial charge in [0.15, 0.2) is 0 Å². The van der Waals surface area contributed by atoms with Crippen LogP contribution < -0.4 is 0 Å². The monoisotopic (exact) mass is 1240 g/mol. The highest BCUT2D eigenvalue weighted by molar-refractivity contribution is 7.39. The highest BCUT2D eigenvalue weighted by Crippen LogP contribution is 1.89. The molecule has 0 aromatic heterocycles. The Kier molecular flexibility index (Phi) is 811. The maximum absolute atomic E-state index is 2.15. The first-order valence-electron chi connectivity index (χ1n) is 20.0. The van der Waals surface area contributed by atoms with Gasteiger partial charge in [-0.05, 0) is 267 Å². The molecule has 0 spiro atoms. The van der Waals surface area contributed by atoms with Crippen LogP contribution in [0.2, 0.25) is 0 Å². The molecule has 0 aliphatic rings. The number of hydrogen-bond acceptors (Lipinski definition) is 0. The Morgan fingerprint density at radius 2 is 0.0667 bits per heavy atom. The molecule has 0 bridgehead atoms. The lowest BCUT2D eigenvalue weighted by atomic mass is 11.9. The number of hydrogen-bond donors (Lipinski definition) is 0. The van der Waals surface area contributed by atoms with Crippen LogP contribution in [0.15, 0.2) is 0 Å². The lowest BCUT2D eigenvalue weighted by molar-refractivity contribution is 2.32. The zero-order chi connectivity index (χ0) is 54.1. The fourth-order valence-corrected chi connectivity index (χ4v) is 0. The zero-order valence-corrected chi connectivity index (χ0v) is 70.0. The summed E-state index contributed by atoms with van der Waals surface area (Å²) in [5.74, 6) is 0. The minimum Gasteiger partial charge on any atom is -0.129 e. The fourth-order valence-electron chi connectivity index (χ4n) is 0. The highest BCUT2D eigenvalue weighted by atomic mass is 31.1. The van der Waals surface area contributed by atoms with E-state index in [0.29, 0.717) is 0 Å². The van der Waals surface area contributed by atoms with Crippen molar-refractivity contribution in [1.29, 1.82) is 0 Å². The molecule has 0 aromatic carbocycles. The van der Waals surface area contributed by atoms with Crippen LogP contribution in [-0.4, -0.2) is 267 Å². The van der Waals surface area contributed by atoms with E-state index in [1.165, 1.54) is 0 Å². The summed E-state index contributed by atoms with van der Waals surface area (Å²) in [6.45, 7) is 86.1. The van der Waals surface area contributed by atoms with Crippen LogP contribution in [0, 0.1) is 0 Å². The molecule has 0 aromatic rings. The van der Waals surface area contributed by atoms with Crippen molar-refractivity contribution < 1.29 is 0 Å². The predicted octanol–water partition coefficient (Wildman–Crippen LogP) is 18.5. The second kappa shape index (κ2) is 367. The van der Waals surface area contributed by atoms with Gasteiger partial charge < -0.3 is 0 Å². The van der Waals surface area contributed by atoms with E-state index in [1.54, 1.807) is 0 Å². The summed E-state index contributed by atoms with van der Waals surface area (Å²) >= 11 is 0. The van der Waals surface area contributed by atoms with Crippen LogP contribution in [0.25, 0.3) is 0 Å². The van der Waals surface area contributed by atoms with Gasteiger partial charge in [-0.3, -0.25) is 0 Å². The first-order chi connectivity index (χ1) is 28.3. The molecule has 60 heavy (non-hydrogen) atoms. The smallest absolute Gasteiger partial charge is 0.0475 e. The van der Waals surface area contributed by atoms with Gasteiger partial charge in [-0.2, -0.15) is 0 Å². The molecule has 0 N–H and O–H groups in total. The summed E-state index contributed by atoms with van der Waals surface area (Å²) in [6.07, 6.45) is 0. The molecule has 0 amide bonds. The molecule has 0 rings (SSSR count). The third-order valence-corrected chi connectivity index (χ3v) is 0. The Labute approximate surface area is 434 Å². The molecular formula is C40H140P20. The summed E-state index contributed by atoms with van der Waals surface area (Å²) in [7, 11) is 21.7. The second-order valence-electron chi connectivity index (χ2n) is 10.0. The van der Waals surface area contributed by atoms with Crippen molar-refractivity contribution in [3.8, 4) is 0 Å². The molecule has 0 radical (unpaired) electrons. The Morgan fingerprint density at radius 3 is 0.0667 bits per heavy atom. The van der Waals surface area contributed by atoms with E-state index in [2.05, 4.69) is 267 Å². The van der Waals surface area contributed by atoms with E-state index in [4.69, 9.17) is 0 Å². The van der Waals surface area contributed by atoms with Crippen LogP contribution in [0.4, 0.5) is 0 Å². The Hall–Kier alpha value is 8.60. The standard InChI is InChI=1S/20C2H7P/c20*1-3-2/h20*3H,1-2H3. The first kappa shape index (κ1) is 133. The third kappa shape index (κ3) is 3880. The molecule has 0 saturated carbocycles. The molecule has 0 fully saturated rings. The van der Waals surface area contributed by atoms with Gasteiger partial charge in [0, 0.05) is 0 Å². The van der Waals surface area contributed by atoms with Gasteiger partial charge in [0.05, 0.1) is 0 Å². The van der Waals surface area contributed by atoms with Crippen LogP contribution in [0.1, 0.15) is 0 Å². The van der Waals surface area contributed by atoms with E-state index < -0.39 is 0 Å². The normalized spacial score (nSPS) is 6.00. The van der Waals surface area contributed by atoms with Gasteiger partial charge in [-0.25, -0.2) is 0 Å². The molecule has 0 heterocycles. The molecule has 0 unspecified atom stereocenters. The van der Waals surface area contributed by atoms with Crippen LogP contribution in [0.5, 0.6) is 0 Å². The van der Waals surface area contributed by atoms with Crippen molar-refractivity contribution in [3.05, 3.63) is 0 Å². The van der Waals surface area contributed by atoms with Crippen molar-refractivity contribution in [1.82, 2.24) is 0 Å². The van der Waals surface area contributed by atoms with Gasteiger partial charge in [-0.15, -0.1) is 172 Å². The zero-order valence-electron chi connectivity index (χ0n) is 50.0. The SMILES string of the molecule is CPC.CPC.CPC.CPC.CPC.CPC.CPC.CPC.CPC.CPC.CPC.CPC.CPC.CPC.CPC.CPC.CPC.CPC.CPC.CPC. The molecule has 0 saturated heterocycles. The topological polar surface area (TPSA) is 0 Å². The second-order valence-corrected chi connectivity index (χ2v) is 30.0. The van der Waals surface area contributed by atoms with Crippen LogP contribution in [-0.2, 0) is 0 Å². The van der Waals surface area contributed by atoms with Gasteiger partial charge in [-0.1, -0.05) is 0 Å². The lowest BCUT2D eigenvalue weighted by Gasteiger charge is -1.50. The Balaban J connectivity index is -0.0000000156. The lowest BCUT2D eigenvalue weighted by Crippen LogP contribution is -1.18. The van der Waals surface area contributed by atoms with Gasteiger partial charge in [0.1, 0.15) is 0 Å². The van der Waals surface area contributed by atoms with E-state index in [-0.39, 0.29) is 0 Å². The largest absolute Gasteiger partial charge is 0.129 e. The molecule has 0 atom stereocenters. The maximum atomic E-state index is 2.15. The molecule has 400 valence electrons. The quantitative estimate of drug-likeness (QED) is 0.212. The molecule has 0 aliphatic carbocycles. The van der Waals surface area contributed by atoms with E-state index in [0.717, 1.165) is 172 Å². The summed E-state index contributed by atoms with van der Waals surface area (Å²) < 4.78 is 0. The van der Waals surface area contributed by atoms with Crippen molar-refractivity contribution >= 4 is 172 Å². The van der Waals surface area contributed by atoms with Crippen LogP contribution >= 0.6 is 172 Å². The predicted molar refractivity (Wildman–Crippen MR) is 403 cm³/mol. The van der Waals surface area contributed by atoms with Gasteiger partial charge >= 0.3 is 0 Å². The minimum absolute atomic E-state index is 1.08. The van der Waals surface area contributed by atoms with Crippen molar-refractivity contribution in [2.45, 2.75) is 0 Å². The number of rotatable bonds is 0. The minimum atomic E-state index is 1.08. The Bertz CT molecular complexity index is 142. The van der Waals surface area contributed by atoms with Gasteiger partial charge in [0.2, 0.25) is 0 Å². The van der Waals surface area contributed by atoms with Crippen molar-refractivity contribution in [3.63, 3.8) is 0 Å².